The normalized spacial score (nSPS) is 32.2. The fourth-order valence-electron chi connectivity index (χ4n) is 3.03. The van der Waals surface area contributed by atoms with Gasteiger partial charge in [-0.3, -0.25) is 4.79 Å². The molecule has 0 aromatic carbocycles. The van der Waals surface area contributed by atoms with E-state index in [-0.39, 0.29) is 17.9 Å². The fraction of sp³-hybridized carbons (Fsp3) is 0.923. The van der Waals surface area contributed by atoms with Crippen molar-refractivity contribution < 1.29 is 9.90 Å². The van der Waals surface area contributed by atoms with E-state index in [0.717, 1.165) is 51.7 Å². The first-order valence-corrected chi connectivity index (χ1v) is 6.89. The quantitative estimate of drug-likeness (QED) is 0.749. The van der Waals surface area contributed by atoms with Crippen molar-refractivity contribution in [2.24, 2.45) is 5.92 Å². The van der Waals surface area contributed by atoms with Gasteiger partial charge in [-0.05, 0) is 45.6 Å². The van der Waals surface area contributed by atoms with E-state index in [1.54, 1.807) is 6.92 Å². The van der Waals surface area contributed by atoms with Gasteiger partial charge in [0.1, 0.15) is 0 Å². The molecule has 0 bridgehead atoms. The minimum atomic E-state index is -0.407. The number of amides is 1. The van der Waals surface area contributed by atoms with E-state index in [2.05, 4.69) is 5.32 Å². The highest BCUT2D eigenvalue weighted by Gasteiger charge is 2.33. The molecule has 2 rings (SSSR count). The highest BCUT2D eigenvalue weighted by atomic mass is 16.3. The first-order chi connectivity index (χ1) is 8.20. The van der Waals surface area contributed by atoms with Crippen LogP contribution in [0.15, 0.2) is 0 Å². The van der Waals surface area contributed by atoms with Crippen molar-refractivity contribution in [2.75, 3.05) is 19.6 Å². The molecule has 1 amide bonds. The highest BCUT2D eigenvalue weighted by Crippen LogP contribution is 2.23. The zero-order chi connectivity index (χ0) is 12.3. The molecule has 0 aromatic rings. The van der Waals surface area contributed by atoms with Gasteiger partial charge in [0.15, 0.2) is 0 Å². The van der Waals surface area contributed by atoms with Crippen molar-refractivity contribution in [3.63, 3.8) is 0 Å². The molecular weight excluding hydrogens is 216 g/mol. The molecule has 2 fully saturated rings. The molecule has 0 aromatic heterocycles. The maximum absolute atomic E-state index is 12.4. The van der Waals surface area contributed by atoms with Gasteiger partial charge in [-0.1, -0.05) is 0 Å². The van der Waals surface area contributed by atoms with Crippen LogP contribution in [0, 0.1) is 5.92 Å². The predicted molar refractivity (Wildman–Crippen MR) is 66.6 cm³/mol. The zero-order valence-corrected chi connectivity index (χ0v) is 10.7. The number of carbonyl (C=O) groups excluding carboxylic acids is 1. The summed E-state index contributed by atoms with van der Waals surface area (Å²) in [5.41, 5.74) is 0. The summed E-state index contributed by atoms with van der Waals surface area (Å²) in [5.74, 6) is 0.380. The van der Waals surface area contributed by atoms with Gasteiger partial charge in [0, 0.05) is 13.1 Å². The molecule has 2 saturated heterocycles. The topological polar surface area (TPSA) is 52.6 Å². The highest BCUT2D eigenvalue weighted by molar-refractivity contribution is 5.79. The van der Waals surface area contributed by atoms with Gasteiger partial charge in [-0.25, -0.2) is 0 Å². The minimum Gasteiger partial charge on any atom is -0.391 e. The van der Waals surface area contributed by atoms with Crippen LogP contribution in [0.1, 0.15) is 39.0 Å². The molecule has 2 aliphatic rings. The molecule has 2 heterocycles. The van der Waals surface area contributed by atoms with Gasteiger partial charge in [0.05, 0.1) is 18.1 Å². The fourth-order valence-corrected chi connectivity index (χ4v) is 3.03. The lowest BCUT2D eigenvalue weighted by atomic mass is 9.93. The molecule has 4 nitrogen and oxygen atoms in total. The van der Waals surface area contributed by atoms with E-state index in [9.17, 15) is 9.90 Å². The van der Waals surface area contributed by atoms with Gasteiger partial charge < -0.3 is 15.3 Å². The van der Waals surface area contributed by atoms with Crippen molar-refractivity contribution in [3.05, 3.63) is 0 Å². The molecule has 98 valence electrons. The summed E-state index contributed by atoms with van der Waals surface area (Å²) in [6, 6.07) is 0.0400. The first-order valence-electron chi connectivity index (χ1n) is 6.89. The molecule has 0 spiro atoms. The number of nitrogens with one attached hydrogen (secondary N) is 1. The van der Waals surface area contributed by atoms with Crippen molar-refractivity contribution in [1.82, 2.24) is 10.2 Å². The number of likely N-dealkylation sites (tertiary alicyclic amines) is 1. The number of carbonyl (C=O) groups is 1. The van der Waals surface area contributed by atoms with Crippen LogP contribution in [-0.4, -0.2) is 47.7 Å². The first kappa shape index (κ1) is 12.8. The third kappa shape index (κ3) is 2.99. The third-order valence-corrected chi connectivity index (χ3v) is 4.04. The van der Waals surface area contributed by atoms with Crippen LogP contribution in [-0.2, 0) is 4.79 Å². The standard InChI is InChI=1S/C13H24N2O2/c1-10(16)12-6-2-3-8-15(12)13(17)11-5-4-7-14-9-11/h10-12,14,16H,2-9H2,1H3/t10-,11-,12+/m0/s1. The van der Waals surface area contributed by atoms with E-state index < -0.39 is 6.10 Å². The van der Waals surface area contributed by atoms with Gasteiger partial charge in [-0.2, -0.15) is 0 Å². The number of rotatable bonds is 2. The Balaban J connectivity index is 1.99. The van der Waals surface area contributed by atoms with Crippen LogP contribution >= 0.6 is 0 Å². The van der Waals surface area contributed by atoms with E-state index in [1.807, 2.05) is 4.90 Å². The monoisotopic (exact) mass is 240 g/mol. The number of piperidine rings is 2. The average Bonchev–Trinajstić information content (AvgIpc) is 2.39. The number of aliphatic hydroxyl groups is 1. The number of aliphatic hydroxyl groups excluding tert-OH is 1. The molecule has 0 radical (unpaired) electrons. The lowest BCUT2D eigenvalue weighted by molar-refractivity contribution is -0.142. The average molecular weight is 240 g/mol. The van der Waals surface area contributed by atoms with Gasteiger partial charge in [-0.15, -0.1) is 0 Å². The number of hydrogen-bond donors (Lipinski definition) is 2. The van der Waals surface area contributed by atoms with Gasteiger partial charge >= 0.3 is 0 Å². The second kappa shape index (κ2) is 5.83. The molecule has 0 unspecified atom stereocenters. The Labute approximate surface area is 103 Å². The molecule has 3 atom stereocenters. The second-order valence-corrected chi connectivity index (χ2v) is 5.38. The van der Waals surface area contributed by atoms with Crippen LogP contribution in [0.25, 0.3) is 0 Å². The molecule has 17 heavy (non-hydrogen) atoms. The summed E-state index contributed by atoms with van der Waals surface area (Å²) in [4.78, 5) is 14.4. The number of hydrogen-bond acceptors (Lipinski definition) is 3. The maximum atomic E-state index is 12.4. The smallest absolute Gasteiger partial charge is 0.227 e. The second-order valence-electron chi connectivity index (χ2n) is 5.38. The lowest BCUT2D eigenvalue weighted by Crippen LogP contribution is -2.52. The zero-order valence-electron chi connectivity index (χ0n) is 10.7. The van der Waals surface area contributed by atoms with E-state index in [1.165, 1.54) is 0 Å². The molecule has 4 heteroatoms. The lowest BCUT2D eigenvalue weighted by Gasteiger charge is -2.40. The van der Waals surface area contributed by atoms with Crippen molar-refractivity contribution in [1.29, 1.82) is 0 Å². The SMILES string of the molecule is C[C@H](O)[C@H]1CCCCN1C(=O)[C@H]1CCCNC1. The molecule has 2 N–H and O–H groups in total. The Morgan fingerprint density at radius 2 is 2.18 bits per heavy atom. The summed E-state index contributed by atoms with van der Waals surface area (Å²) in [5, 5.41) is 13.1. The summed E-state index contributed by atoms with van der Waals surface area (Å²) in [7, 11) is 0. The molecule has 0 aliphatic carbocycles. The molecular formula is C13H24N2O2. The molecule has 0 saturated carbocycles. The van der Waals surface area contributed by atoms with Crippen LogP contribution in [0.2, 0.25) is 0 Å². The van der Waals surface area contributed by atoms with Crippen molar-refractivity contribution >= 4 is 5.91 Å². The van der Waals surface area contributed by atoms with E-state index in [4.69, 9.17) is 0 Å². The summed E-state index contributed by atoms with van der Waals surface area (Å²) >= 11 is 0. The van der Waals surface area contributed by atoms with Crippen LogP contribution in [0.3, 0.4) is 0 Å². The predicted octanol–water partition coefficient (Wildman–Crippen LogP) is 0.748. The van der Waals surface area contributed by atoms with E-state index >= 15 is 0 Å². The van der Waals surface area contributed by atoms with E-state index in [0.29, 0.717) is 0 Å². The van der Waals surface area contributed by atoms with Gasteiger partial charge in [0.2, 0.25) is 5.91 Å². The van der Waals surface area contributed by atoms with Crippen molar-refractivity contribution in [3.8, 4) is 0 Å². The Morgan fingerprint density at radius 3 is 2.82 bits per heavy atom. The number of nitrogens with zero attached hydrogens (tertiary/aromatic N) is 1. The summed E-state index contributed by atoms with van der Waals surface area (Å²) in [6.45, 7) is 4.46. The Bertz CT molecular complexity index is 262. The van der Waals surface area contributed by atoms with Crippen molar-refractivity contribution in [2.45, 2.75) is 51.2 Å². The summed E-state index contributed by atoms with van der Waals surface area (Å²) in [6.07, 6.45) is 4.83. The van der Waals surface area contributed by atoms with Crippen LogP contribution in [0.4, 0.5) is 0 Å². The Hall–Kier alpha value is -0.610. The summed E-state index contributed by atoms with van der Waals surface area (Å²) < 4.78 is 0. The Morgan fingerprint density at radius 1 is 1.35 bits per heavy atom. The van der Waals surface area contributed by atoms with Crippen LogP contribution in [0.5, 0.6) is 0 Å². The Kier molecular flexibility index (Phi) is 4.40. The minimum absolute atomic E-state index is 0.0400. The maximum Gasteiger partial charge on any atom is 0.227 e. The molecule has 2 aliphatic heterocycles. The largest absolute Gasteiger partial charge is 0.391 e. The van der Waals surface area contributed by atoms with Gasteiger partial charge in [0.25, 0.3) is 0 Å². The third-order valence-electron chi connectivity index (χ3n) is 4.04. The van der Waals surface area contributed by atoms with Crippen LogP contribution < -0.4 is 5.32 Å².